The normalized spacial score (nSPS) is 17.0. The van der Waals surface area contributed by atoms with Crippen LogP contribution in [-0.2, 0) is 6.67 Å². The number of aromatic nitrogens is 2. The second kappa shape index (κ2) is 6.33. The highest BCUT2D eigenvalue weighted by atomic mass is 32.1. The van der Waals surface area contributed by atoms with Gasteiger partial charge in [0.15, 0.2) is 0 Å². The van der Waals surface area contributed by atoms with Gasteiger partial charge in [-0.2, -0.15) is 0 Å². The van der Waals surface area contributed by atoms with Crippen molar-refractivity contribution in [2.45, 2.75) is 32.4 Å². The molecule has 106 valence electrons. The lowest BCUT2D eigenvalue weighted by Gasteiger charge is -2.18. The van der Waals surface area contributed by atoms with Crippen LogP contribution in [0.3, 0.4) is 0 Å². The summed E-state index contributed by atoms with van der Waals surface area (Å²) in [4.78, 5) is 2.85. The minimum absolute atomic E-state index is 0.452. The van der Waals surface area contributed by atoms with Gasteiger partial charge in [-0.05, 0) is 50.3 Å². The van der Waals surface area contributed by atoms with Gasteiger partial charge in [-0.1, -0.05) is 31.0 Å². The summed E-state index contributed by atoms with van der Waals surface area (Å²) in [7, 11) is 0. The maximum absolute atomic E-state index is 5.61. The van der Waals surface area contributed by atoms with E-state index < -0.39 is 0 Å². The molecule has 0 N–H and O–H groups in total. The van der Waals surface area contributed by atoms with E-state index in [4.69, 9.17) is 16.6 Å². The fourth-order valence-electron chi connectivity index (χ4n) is 2.56. The summed E-state index contributed by atoms with van der Waals surface area (Å²) in [5.41, 5.74) is 0.966. The molecular formula is C15H19N3OS. The van der Waals surface area contributed by atoms with Crippen molar-refractivity contribution in [2.75, 3.05) is 13.1 Å². The molecule has 1 saturated heterocycles. The summed E-state index contributed by atoms with van der Waals surface area (Å²) in [6.07, 6.45) is 5.18. The average molecular weight is 289 g/mol. The zero-order chi connectivity index (χ0) is 13.8. The summed E-state index contributed by atoms with van der Waals surface area (Å²) < 4.78 is 7.41. The van der Waals surface area contributed by atoms with Gasteiger partial charge in [0.1, 0.15) is 0 Å². The molecule has 0 amide bonds. The number of nitrogens with zero attached hydrogens (tertiary/aromatic N) is 3. The van der Waals surface area contributed by atoms with Gasteiger partial charge in [0, 0.05) is 5.56 Å². The molecule has 4 nitrogen and oxygen atoms in total. The molecule has 5 heteroatoms. The standard InChI is InChI=1S/C15H19N3OS/c20-15-18(12-17-10-6-1-2-7-11-17)16-14(19-15)13-8-4-3-5-9-13/h3-5,8-9H,1-2,6-7,10-12H2. The van der Waals surface area contributed by atoms with E-state index in [2.05, 4.69) is 10.00 Å². The first-order chi connectivity index (χ1) is 9.83. The highest BCUT2D eigenvalue weighted by molar-refractivity contribution is 7.71. The van der Waals surface area contributed by atoms with Gasteiger partial charge in [-0.15, -0.1) is 5.10 Å². The second-order valence-corrected chi connectivity index (χ2v) is 5.56. The van der Waals surface area contributed by atoms with E-state index in [9.17, 15) is 0 Å². The molecule has 2 heterocycles. The lowest BCUT2D eigenvalue weighted by molar-refractivity contribution is 0.211. The van der Waals surface area contributed by atoms with E-state index in [-0.39, 0.29) is 0 Å². The Hall–Kier alpha value is -1.46. The van der Waals surface area contributed by atoms with Crippen LogP contribution in [0, 0.1) is 4.84 Å². The quantitative estimate of drug-likeness (QED) is 0.807. The Morgan fingerprint density at radius 2 is 1.75 bits per heavy atom. The zero-order valence-electron chi connectivity index (χ0n) is 11.5. The molecule has 0 spiro atoms. The first-order valence-corrected chi connectivity index (χ1v) is 7.59. The van der Waals surface area contributed by atoms with Crippen molar-refractivity contribution in [1.82, 2.24) is 14.7 Å². The molecule has 1 aliphatic rings. The molecular weight excluding hydrogens is 270 g/mol. The predicted octanol–water partition coefficient (Wildman–Crippen LogP) is 3.71. The van der Waals surface area contributed by atoms with E-state index in [1.54, 1.807) is 4.68 Å². The van der Waals surface area contributed by atoms with Crippen molar-refractivity contribution >= 4 is 12.2 Å². The Morgan fingerprint density at radius 3 is 2.45 bits per heavy atom. The highest BCUT2D eigenvalue weighted by Gasteiger charge is 2.13. The molecule has 3 rings (SSSR count). The SMILES string of the molecule is S=c1oc(-c2ccccc2)nn1CN1CCCCCC1. The van der Waals surface area contributed by atoms with Gasteiger partial charge in [0.25, 0.3) is 4.84 Å². The zero-order valence-corrected chi connectivity index (χ0v) is 12.3. The van der Waals surface area contributed by atoms with Gasteiger partial charge in [-0.25, -0.2) is 4.68 Å². The molecule has 0 saturated carbocycles. The van der Waals surface area contributed by atoms with Crippen molar-refractivity contribution in [2.24, 2.45) is 0 Å². The van der Waals surface area contributed by atoms with Crippen molar-refractivity contribution in [3.8, 4) is 11.5 Å². The van der Waals surface area contributed by atoms with Crippen molar-refractivity contribution < 1.29 is 4.42 Å². The molecule has 0 radical (unpaired) electrons. The summed E-state index contributed by atoms with van der Waals surface area (Å²) in [5.74, 6) is 0.602. The van der Waals surface area contributed by atoms with Crippen LogP contribution in [0.5, 0.6) is 0 Å². The average Bonchev–Trinajstić information content (AvgIpc) is 2.68. The van der Waals surface area contributed by atoms with Crippen LogP contribution in [0.4, 0.5) is 0 Å². The summed E-state index contributed by atoms with van der Waals surface area (Å²) in [6.45, 7) is 2.97. The molecule has 2 aromatic rings. The van der Waals surface area contributed by atoms with Crippen molar-refractivity contribution in [1.29, 1.82) is 0 Å². The number of likely N-dealkylation sites (tertiary alicyclic amines) is 1. The number of hydrogen-bond acceptors (Lipinski definition) is 4. The maximum Gasteiger partial charge on any atom is 0.288 e. The van der Waals surface area contributed by atoms with Crippen LogP contribution in [-0.4, -0.2) is 27.8 Å². The van der Waals surface area contributed by atoms with Gasteiger partial charge in [0.2, 0.25) is 5.89 Å². The Kier molecular flexibility index (Phi) is 4.28. The minimum Gasteiger partial charge on any atom is -0.409 e. The first-order valence-electron chi connectivity index (χ1n) is 7.19. The fourth-order valence-corrected chi connectivity index (χ4v) is 2.74. The second-order valence-electron chi connectivity index (χ2n) is 5.21. The van der Waals surface area contributed by atoms with Crippen LogP contribution >= 0.6 is 12.2 Å². The van der Waals surface area contributed by atoms with Crippen molar-refractivity contribution in [3.05, 3.63) is 35.2 Å². The third-order valence-electron chi connectivity index (χ3n) is 3.66. The molecule has 0 unspecified atom stereocenters. The summed E-state index contributed by atoms with van der Waals surface area (Å²) in [5, 5.41) is 4.51. The van der Waals surface area contributed by atoms with E-state index in [0.29, 0.717) is 10.7 Å². The van der Waals surface area contributed by atoms with E-state index in [1.165, 1.54) is 25.7 Å². The lowest BCUT2D eigenvalue weighted by atomic mass is 10.2. The number of benzene rings is 1. The maximum atomic E-state index is 5.61. The molecule has 1 aromatic carbocycles. The fraction of sp³-hybridized carbons (Fsp3) is 0.467. The van der Waals surface area contributed by atoms with Gasteiger partial charge in [-0.3, -0.25) is 4.90 Å². The van der Waals surface area contributed by atoms with E-state index in [0.717, 1.165) is 25.3 Å². The van der Waals surface area contributed by atoms with E-state index in [1.807, 2.05) is 30.3 Å². The summed E-state index contributed by atoms with van der Waals surface area (Å²) in [6, 6.07) is 9.89. The molecule has 1 fully saturated rings. The Labute approximate surface area is 124 Å². The van der Waals surface area contributed by atoms with Crippen LogP contribution < -0.4 is 0 Å². The Balaban J connectivity index is 1.77. The van der Waals surface area contributed by atoms with Crippen molar-refractivity contribution in [3.63, 3.8) is 0 Å². The third kappa shape index (κ3) is 3.16. The van der Waals surface area contributed by atoms with Gasteiger partial charge < -0.3 is 4.42 Å². The van der Waals surface area contributed by atoms with Crippen LogP contribution in [0.25, 0.3) is 11.5 Å². The molecule has 0 atom stereocenters. The Bertz CT molecular complexity index is 597. The largest absolute Gasteiger partial charge is 0.409 e. The van der Waals surface area contributed by atoms with Crippen LogP contribution in [0.15, 0.2) is 34.7 Å². The van der Waals surface area contributed by atoms with Gasteiger partial charge in [0.05, 0.1) is 6.67 Å². The monoisotopic (exact) mass is 289 g/mol. The molecule has 1 aromatic heterocycles. The Morgan fingerprint density at radius 1 is 1.05 bits per heavy atom. The van der Waals surface area contributed by atoms with Crippen LogP contribution in [0.1, 0.15) is 25.7 Å². The lowest BCUT2D eigenvalue weighted by Crippen LogP contribution is -2.28. The first kappa shape index (κ1) is 13.5. The minimum atomic E-state index is 0.452. The molecule has 1 aliphatic heterocycles. The smallest absolute Gasteiger partial charge is 0.288 e. The highest BCUT2D eigenvalue weighted by Crippen LogP contribution is 2.18. The number of hydrogen-bond donors (Lipinski definition) is 0. The topological polar surface area (TPSA) is 34.2 Å². The van der Waals surface area contributed by atoms with E-state index >= 15 is 0 Å². The third-order valence-corrected chi connectivity index (χ3v) is 3.95. The summed E-state index contributed by atoms with van der Waals surface area (Å²) >= 11 is 5.28. The molecule has 20 heavy (non-hydrogen) atoms. The molecule has 0 bridgehead atoms. The van der Waals surface area contributed by atoms with Gasteiger partial charge >= 0.3 is 0 Å². The van der Waals surface area contributed by atoms with Crippen LogP contribution in [0.2, 0.25) is 0 Å². The molecule has 0 aliphatic carbocycles. The number of rotatable bonds is 3. The predicted molar refractivity (Wildman–Crippen MR) is 80.8 cm³/mol.